The van der Waals surface area contributed by atoms with E-state index in [1.54, 1.807) is 12.1 Å². The molecule has 0 atom stereocenters. The van der Waals surface area contributed by atoms with Gasteiger partial charge in [0.2, 0.25) is 0 Å². The van der Waals surface area contributed by atoms with Crippen LogP contribution in [0.25, 0.3) is 0 Å². The molecule has 0 saturated carbocycles. The van der Waals surface area contributed by atoms with Crippen LogP contribution in [0.15, 0.2) is 35.4 Å². The number of benzene rings is 1. The number of anilines is 2. The molecule has 0 aliphatic rings. The summed E-state index contributed by atoms with van der Waals surface area (Å²) in [5, 5.41) is 3.19. The van der Waals surface area contributed by atoms with Gasteiger partial charge in [0.05, 0.1) is 16.8 Å². The predicted molar refractivity (Wildman–Crippen MR) is 103 cm³/mol. The van der Waals surface area contributed by atoms with Gasteiger partial charge in [-0.3, -0.25) is 4.72 Å². The third-order valence-corrected chi connectivity index (χ3v) is 5.44. The first kappa shape index (κ1) is 19.2. The lowest BCUT2D eigenvalue weighted by molar-refractivity contribution is 0.425. The van der Waals surface area contributed by atoms with E-state index in [2.05, 4.69) is 19.9 Å². The fourth-order valence-corrected chi connectivity index (χ4v) is 4.26. The van der Waals surface area contributed by atoms with Gasteiger partial charge in [0.15, 0.2) is 0 Å². The van der Waals surface area contributed by atoms with Gasteiger partial charge >= 0.3 is 0 Å². The quantitative estimate of drug-likeness (QED) is 0.792. The molecular formula is C18H26N4O2S. The van der Waals surface area contributed by atoms with E-state index in [-0.39, 0.29) is 0 Å². The first-order chi connectivity index (χ1) is 11.7. The third kappa shape index (κ3) is 5.17. The third-order valence-electron chi connectivity index (χ3n) is 3.75. The van der Waals surface area contributed by atoms with Crippen molar-refractivity contribution in [2.24, 2.45) is 0 Å². The van der Waals surface area contributed by atoms with Crippen LogP contribution in [-0.2, 0) is 10.0 Å². The summed E-state index contributed by atoms with van der Waals surface area (Å²) in [5.74, 6) is 0.715. The van der Waals surface area contributed by atoms with E-state index in [0.29, 0.717) is 16.4 Å². The molecule has 2 rings (SSSR count). The highest BCUT2D eigenvalue weighted by atomic mass is 32.2. The molecule has 2 N–H and O–H groups in total. The second-order valence-electron chi connectivity index (χ2n) is 6.50. The molecule has 0 fully saturated rings. The predicted octanol–water partition coefficient (Wildman–Crippen LogP) is 2.78. The first-order valence-corrected chi connectivity index (χ1v) is 9.62. The zero-order valence-corrected chi connectivity index (χ0v) is 16.2. The van der Waals surface area contributed by atoms with E-state index in [9.17, 15) is 8.42 Å². The van der Waals surface area contributed by atoms with E-state index >= 15 is 0 Å². The molecule has 25 heavy (non-hydrogen) atoms. The summed E-state index contributed by atoms with van der Waals surface area (Å²) in [4.78, 5) is 6.65. The van der Waals surface area contributed by atoms with Crippen molar-refractivity contribution in [1.82, 2.24) is 9.88 Å². The average Bonchev–Trinajstić information content (AvgIpc) is 2.46. The molecule has 0 spiro atoms. The monoisotopic (exact) mass is 362 g/mol. The van der Waals surface area contributed by atoms with Crippen LogP contribution < -0.4 is 10.0 Å². The zero-order chi connectivity index (χ0) is 18.6. The van der Waals surface area contributed by atoms with Gasteiger partial charge in [0, 0.05) is 13.1 Å². The Morgan fingerprint density at radius 1 is 1.08 bits per heavy atom. The number of likely N-dealkylation sites (N-methyl/N-ethyl adjacent to an activating group) is 1. The standard InChI is InChI=1S/C18H26N4O2S/c1-13-10-14(2)18(15(3)11-13)25(23,24)21-16-6-7-17(20-12-16)19-8-9-22(4)5/h6-7,10-12,21H,8-9H2,1-5H3,(H,19,20). The minimum absolute atomic E-state index is 0.325. The minimum atomic E-state index is -3.65. The molecule has 6 nitrogen and oxygen atoms in total. The van der Waals surface area contributed by atoms with Crippen LogP contribution in [0, 0.1) is 20.8 Å². The van der Waals surface area contributed by atoms with E-state index < -0.39 is 10.0 Å². The molecule has 0 aliphatic carbocycles. The summed E-state index contributed by atoms with van der Waals surface area (Å²) in [6.45, 7) is 7.24. The lowest BCUT2D eigenvalue weighted by Gasteiger charge is -2.14. The van der Waals surface area contributed by atoms with Crippen LogP contribution in [0.2, 0.25) is 0 Å². The second kappa shape index (κ2) is 7.84. The van der Waals surface area contributed by atoms with E-state index in [1.165, 1.54) is 6.20 Å². The van der Waals surface area contributed by atoms with Crippen molar-refractivity contribution in [2.45, 2.75) is 25.7 Å². The van der Waals surface area contributed by atoms with Crippen molar-refractivity contribution in [3.05, 3.63) is 47.2 Å². The maximum Gasteiger partial charge on any atom is 0.262 e. The van der Waals surface area contributed by atoms with Crippen molar-refractivity contribution >= 4 is 21.5 Å². The number of hydrogen-bond acceptors (Lipinski definition) is 5. The highest BCUT2D eigenvalue weighted by Gasteiger charge is 2.20. The van der Waals surface area contributed by atoms with Gasteiger partial charge in [0.1, 0.15) is 5.82 Å². The number of rotatable bonds is 7. The number of nitrogens with one attached hydrogen (secondary N) is 2. The number of pyridine rings is 1. The zero-order valence-electron chi connectivity index (χ0n) is 15.4. The van der Waals surface area contributed by atoms with Crippen LogP contribution in [0.1, 0.15) is 16.7 Å². The molecule has 0 aliphatic heterocycles. The number of nitrogens with zero attached hydrogens (tertiary/aromatic N) is 2. The smallest absolute Gasteiger partial charge is 0.262 e. The Kier molecular flexibility index (Phi) is 6.02. The van der Waals surface area contributed by atoms with Crippen molar-refractivity contribution in [3.8, 4) is 0 Å². The summed E-state index contributed by atoms with van der Waals surface area (Å²) >= 11 is 0. The van der Waals surface area contributed by atoms with Crippen LogP contribution in [0.3, 0.4) is 0 Å². The topological polar surface area (TPSA) is 74.3 Å². The Hall–Kier alpha value is -2.12. The normalized spacial score (nSPS) is 11.6. The highest BCUT2D eigenvalue weighted by Crippen LogP contribution is 2.24. The first-order valence-electron chi connectivity index (χ1n) is 8.14. The Balaban J connectivity index is 2.13. The lowest BCUT2D eigenvalue weighted by Crippen LogP contribution is -2.21. The maximum atomic E-state index is 12.7. The molecule has 0 radical (unpaired) electrons. The van der Waals surface area contributed by atoms with Gasteiger partial charge < -0.3 is 10.2 Å². The SMILES string of the molecule is Cc1cc(C)c(S(=O)(=O)Nc2ccc(NCCN(C)C)nc2)c(C)c1. The maximum absolute atomic E-state index is 12.7. The van der Waals surface area contributed by atoms with Crippen LogP contribution in [-0.4, -0.2) is 45.5 Å². The molecule has 136 valence electrons. The van der Waals surface area contributed by atoms with Gasteiger partial charge in [0.25, 0.3) is 10.0 Å². The van der Waals surface area contributed by atoms with Crippen LogP contribution in [0.4, 0.5) is 11.5 Å². The molecule has 0 saturated heterocycles. The van der Waals surface area contributed by atoms with Gasteiger partial charge in [-0.05, 0) is 58.1 Å². The van der Waals surface area contributed by atoms with E-state index in [0.717, 1.165) is 29.8 Å². The molecule has 1 heterocycles. The van der Waals surface area contributed by atoms with Crippen molar-refractivity contribution < 1.29 is 8.42 Å². The van der Waals surface area contributed by atoms with Crippen molar-refractivity contribution in [1.29, 1.82) is 0 Å². The van der Waals surface area contributed by atoms with E-state index in [1.807, 2.05) is 47.0 Å². The summed E-state index contributed by atoms with van der Waals surface area (Å²) in [7, 11) is 0.354. The Labute approximate surface area is 150 Å². The molecule has 0 amide bonds. The molecule has 1 aromatic carbocycles. The van der Waals surface area contributed by atoms with Crippen LogP contribution >= 0.6 is 0 Å². The highest BCUT2D eigenvalue weighted by molar-refractivity contribution is 7.92. The minimum Gasteiger partial charge on any atom is -0.369 e. The lowest BCUT2D eigenvalue weighted by atomic mass is 10.1. The molecule has 0 unspecified atom stereocenters. The fourth-order valence-electron chi connectivity index (χ4n) is 2.76. The molecule has 0 bridgehead atoms. The second-order valence-corrected chi connectivity index (χ2v) is 8.11. The fraction of sp³-hybridized carbons (Fsp3) is 0.389. The van der Waals surface area contributed by atoms with Gasteiger partial charge in [-0.1, -0.05) is 17.7 Å². The number of sulfonamides is 1. The number of aromatic nitrogens is 1. The van der Waals surface area contributed by atoms with Gasteiger partial charge in [-0.15, -0.1) is 0 Å². The summed E-state index contributed by atoms with van der Waals surface area (Å²) in [6, 6.07) is 7.22. The Morgan fingerprint density at radius 3 is 2.24 bits per heavy atom. The van der Waals surface area contributed by atoms with E-state index in [4.69, 9.17) is 0 Å². The van der Waals surface area contributed by atoms with Gasteiger partial charge in [-0.25, -0.2) is 13.4 Å². The largest absolute Gasteiger partial charge is 0.369 e. The average molecular weight is 362 g/mol. The number of aryl methyl sites for hydroxylation is 3. The summed E-state index contributed by atoms with van der Waals surface area (Å²) < 4.78 is 28.1. The van der Waals surface area contributed by atoms with Crippen molar-refractivity contribution in [3.63, 3.8) is 0 Å². The molecule has 1 aromatic heterocycles. The molecule has 7 heteroatoms. The van der Waals surface area contributed by atoms with Gasteiger partial charge in [-0.2, -0.15) is 0 Å². The Morgan fingerprint density at radius 2 is 1.72 bits per heavy atom. The summed E-state index contributed by atoms with van der Waals surface area (Å²) in [5.41, 5.74) is 2.96. The van der Waals surface area contributed by atoms with Crippen LogP contribution in [0.5, 0.6) is 0 Å². The molecule has 2 aromatic rings. The number of hydrogen-bond donors (Lipinski definition) is 2. The van der Waals surface area contributed by atoms with Crippen molar-refractivity contribution in [2.75, 3.05) is 37.2 Å². The Bertz CT molecular complexity index is 808. The molecular weight excluding hydrogens is 336 g/mol. The summed E-state index contributed by atoms with van der Waals surface area (Å²) in [6.07, 6.45) is 1.52.